The fourth-order valence-electron chi connectivity index (χ4n) is 1.99. The molecule has 2 rings (SSSR count). The van der Waals surface area contributed by atoms with E-state index in [1.54, 1.807) is 0 Å². The first-order chi connectivity index (χ1) is 8.15. The Balaban J connectivity index is 2.03. The van der Waals surface area contributed by atoms with Gasteiger partial charge in [0, 0.05) is 21.8 Å². The van der Waals surface area contributed by atoms with Crippen molar-refractivity contribution in [3.8, 4) is 0 Å². The smallest absolute Gasteiger partial charge is 0.251 e. The van der Waals surface area contributed by atoms with E-state index in [0.29, 0.717) is 6.04 Å². The Bertz CT molecular complexity index is 396. The average Bonchev–Trinajstić information content (AvgIpc) is 2.29. The SMILES string of the molecule is Cc1cc(Br)cc(C(=O)NC2CCCSC2)c1. The molecular formula is C13H16BrNOS. The fourth-order valence-corrected chi connectivity index (χ4v) is 3.67. The first kappa shape index (κ1) is 13.0. The summed E-state index contributed by atoms with van der Waals surface area (Å²) in [7, 11) is 0. The van der Waals surface area contributed by atoms with Gasteiger partial charge in [-0.3, -0.25) is 4.79 Å². The van der Waals surface area contributed by atoms with Gasteiger partial charge in [-0.25, -0.2) is 0 Å². The maximum atomic E-state index is 12.1. The lowest BCUT2D eigenvalue weighted by Crippen LogP contribution is -2.38. The van der Waals surface area contributed by atoms with E-state index < -0.39 is 0 Å². The van der Waals surface area contributed by atoms with Crippen molar-refractivity contribution in [3.63, 3.8) is 0 Å². The minimum Gasteiger partial charge on any atom is -0.348 e. The maximum absolute atomic E-state index is 12.1. The molecule has 2 nitrogen and oxygen atoms in total. The molecule has 1 heterocycles. The summed E-state index contributed by atoms with van der Waals surface area (Å²) in [5.74, 6) is 2.31. The van der Waals surface area contributed by atoms with Crippen LogP contribution in [-0.2, 0) is 0 Å². The summed E-state index contributed by atoms with van der Waals surface area (Å²) < 4.78 is 0.959. The Kier molecular flexibility index (Phi) is 4.51. The van der Waals surface area contributed by atoms with E-state index in [9.17, 15) is 4.79 Å². The van der Waals surface area contributed by atoms with E-state index in [1.165, 1.54) is 12.2 Å². The van der Waals surface area contributed by atoms with Crippen molar-refractivity contribution in [1.29, 1.82) is 0 Å². The zero-order valence-corrected chi connectivity index (χ0v) is 12.2. The molecule has 0 bridgehead atoms. The number of carbonyl (C=O) groups excluding carboxylic acids is 1. The highest BCUT2D eigenvalue weighted by atomic mass is 79.9. The molecule has 1 atom stereocenters. The van der Waals surface area contributed by atoms with E-state index >= 15 is 0 Å². The monoisotopic (exact) mass is 313 g/mol. The number of carbonyl (C=O) groups is 1. The highest BCUT2D eigenvalue weighted by Crippen LogP contribution is 2.19. The van der Waals surface area contributed by atoms with Crippen LogP contribution < -0.4 is 5.32 Å². The number of rotatable bonds is 2. The molecule has 1 fully saturated rings. The number of hydrogen-bond donors (Lipinski definition) is 1. The third-order valence-electron chi connectivity index (χ3n) is 2.80. The molecule has 0 spiro atoms. The van der Waals surface area contributed by atoms with Crippen LogP contribution in [0.15, 0.2) is 22.7 Å². The van der Waals surface area contributed by atoms with Gasteiger partial charge in [0.2, 0.25) is 0 Å². The first-order valence-electron chi connectivity index (χ1n) is 5.81. The number of amides is 1. The molecule has 92 valence electrons. The Morgan fingerprint density at radius 2 is 2.29 bits per heavy atom. The van der Waals surface area contributed by atoms with Gasteiger partial charge in [-0.2, -0.15) is 11.8 Å². The van der Waals surface area contributed by atoms with Gasteiger partial charge in [-0.15, -0.1) is 0 Å². The van der Waals surface area contributed by atoms with Crippen molar-refractivity contribution in [3.05, 3.63) is 33.8 Å². The normalized spacial score (nSPS) is 20.0. The molecule has 1 unspecified atom stereocenters. The number of thioether (sulfide) groups is 1. The van der Waals surface area contributed by atoms with E-state index in [-0.39, 0.29) is 5.91 Å². The standard InChI is InChI=1S/C13H16BrNOS/c1-9-5-10(7-11(14)6-9)13(16)15-12-3-2-4-17-8-12/h5-7,12H,2-4,8H2,1H3,(H,15,16). The lowest BCUT2D eigenvalue weighted by atomic mass is 10.1. The molecule has 0 saturated carbocycles. The first-order valence-corrected chi connectivity index (χ1v) is 7.76. The maximum Gasteiger partial charge on any atom is 0.251 e. The van der Waals surface area contributed by atoms with Gasteiger partial charge in [-0.1, -0.05) is 15.9 Å². The summed E-state index contributed by atoms with van der Waals surface area (Å²) in [5, 5.41) is 3.11. The van der Waals surface area contributed by atoms with Crippen LogP contribution in [0.2, 0.25) is 0 Å². The molecule has 1 aromatic carbocycles. The third kappa shape index (κ3) is 3.75. The summed E-state index contributed by atoms with van der Waals surface area (Å²) in [4.78, 5) is 12.1. The molecule has 1 aliphatic rings. The highest BCUT2D eigenvalue weighted by molar-refractivity contribution is 9.10. The quantitative estimate of drug-likeness (QED) is 0.907. The topological polar surface area (TPSA) is 29.1 Å². The van der Waals surface area contributed by atoms with Crippen molar-refractivity contribution < 1.29 is 4.79 Å². The summed E-state index contributed by atoms with van der Waals surface area (Å²) in [5.41, 5.74) is 1.84. The van der Waals surface area contributed by atoms with Crippen LogP contribution in [-0.4, -0.2) is 23.5 Å². The number of aryl methyl sites for hydroxylation is 1. The Morgan fingerprint density at radius 3 is 2.94 bits per heavy atom. The molecule has 1 aromatic rings. The predicted molar refractivity (Wildman–Crippen MR) is 76.7 cm³/mol. The van der Waals surface area contributed by atoms with Crippen LogP contribution in [0.5, 0.6) is 0 Å². The molecule has 1 amide bonds. The fraction of sp³-hybridized carbons (Fsp3) is 0.462. The van der Waals surface area contributed by atoms with Gasteiger partial charge < -0.3 is 5.32 Å². The second-order valence-corrected chi connectivity index (χ2v) is 6.47. The van der Waals surface area contributed by atoms with Crippen LogP contribution >= 0.6 is 27.7 Å². The van der Waals surface area contributed by atoms with Crippen LogP contribution in [0, 0.1) is 6.92 Å². The molecule has 0 aliphatic carbocycles. The van der Waals surface area contributed by atoms with Crippen molar-refractivity contribution in [2.75, 3.05) is 11.5 Å². The Morgan fingerprint density at radius 1 is 1.47 bits per heavy atom. The van der Waals surface area contributed by atoms with Crippen LogP contribution in [0.4, 0.5) is 0 Å². The van der Waals surface area contributed by atoms with Gasteiger partial charge in [0.05, 0.1) is 0 Å². The van der Waals surface area contributed by atoms with Crippen LogP contribution in [0.3, 0.4) is 0 Å². The van der Waals surface area contributed by atoms with Gasteiger partial charge in [0.15, 0.2) is 0 Å². The van der Waals surface area contributed by atoms with E-state index in [0.717, 1.165) is 27.8 Å². The van der Waals surface area contributed by atoms with E-state index in [2.05, 4.69) is 21.2 Å². The lowest BCUT2D eigenvalue weighted by Gasteiger charge is -2.22. The average molecular weight is 314 g/mol. The summed E-state index contributed by atoms with van der Waals surface area (Å²) in [6, 6.07) is 6.14. The summed E-state index contributed by atoms with van der Waals surface area (Å²) >= 11 is 5.34. The van der Waals surface area contributed by atoms with Gasteiger partial charge >= 0.3 is 0 Å². The zero-order valence-electron chi connectivity index (χ0n) is 9.83. The van der Waals surface area contributed by atoms with Gasteiger partial charge in [-0.05, 0) is 49.3 Å². The number of hydrogen-bond acceptors (Lipinski definition) is 2. The minimum absolute atomic E-state index is 0.0434. The molecule has 1 saturated heterocycles. The second-order valence-electron chi connectivity index (χ2n) is 4.40. The highest BCUT2D eigenvalue weighted by Gasteiger charge is 2.17. The molecule has 4 heteroatoms. The van der Waals surface area contributed by atoms with Gasteiger partial charge in [0.1, 0.15) is 0 Å². The minimum atomic E-state index is 0.0434. The molecule has 17 heavy (non-hydrogen) atoms. The predicted octanol–water partition coefficient (Wildman–Crippen LogP) is 3.38. The molecular weight excluding hydrogens is 298 g/mol. The van der Waals surface area contributed by atoms with Crippen LogP contribution in [0.25, 0.3) is 0 Å². The van der Waals surface area contributed by atoms with E-state index in [4.69, 9.17) is 0 Å². The van der Waals surface area contributed by atoms with Crippen LogP contribution in [0.1, 0.15) is 28.8 Å². The molecule has 1 aliphatic heterocycles. The van der Waals surface area contributed by atoms with E-state index in [1.807, 2.05) is 36.9 Å². The lowest BCUT2D eigenvalue weighted by molar-refractivity contribution is 0.0938. The van der Waals surface area contributed by atoms with Crippen molar-refractivity contribution in [2.24, 2.45) is 0 Å². The molecule has 0 aromatic heterocycles. The summed E-state index contributed by atoms with van der Waals surface area (Å²) in [6.45, 7) is 2.00. The summed E-state index contributed by atoms with van der Waals surface area (Å²) in [6.07, 6.45) is 2.30. The van der Waals surface area contributed by atoms with Crippen molar-refractivity contribution in [1.82, 2.24) is 5.32 Å². The molecule has 1 N–H and O–H groups in total. The zero-order chi connectivity index (χ0) is 12.3. The van der Waals surface area contributed by atoms with Gasteiger partial charge in [0.25, 0.3) is 5.91 Å². The largest absolute Gasteiger partial charge is 0.348 e. The Hall–Kier alpha value is -0.480. The van der Waals surface area contributed by atoms with Crippen molar-refractivity contribution in [2.45, 2.75) is 25.8 Å². The number of halogens is 1. The van der Waals surface area contributed by atoms with Crippen molar-refractivity contribution >= 4 is 33.6 Å². The third-order valence-corrected chi connectivity index (χ3v) is 4.47. The molecule has 0 radical (unpaired) electrons. The Labute approximate surface area is 115 Å². The second kappa shape index (κ2) is 5.91. The number of nitrogens with one attached hydrogen (secondary N) is 1. The number of benzene rings is 1.